The maximum Gasteiger partial charge on any atom is 0.137 e. The van der Waals surface area contributed by atoms with E-state index in [0.29, 0.717) is 6.54 Å². The molecule has 0 atom stereocenters. The first kappa shape index (κ1) is 10.3. The van der Waals surface area contributed by atoms with E-state index < -0.39 is 0 Å². The Morgan fingerprint density at radius 2 is 2.00 bits per heavy atom. The Bertz CT molecular complexity index is 655. The second-order valence-corrected chi connectivity index (χ2v) is 4.24. The highest BCUT2D eigenvalue weighted by Crippen LogP contribution is 2.17. The lowest BCUT2D eigenvalue weighted by Gasteiger charge is -2.00. The van der Waals surface area contributed by atoms with Crippen molar-refractivity contribution < 1.29 is 0 Å². The van der Waals surface area contributed by atoms with Crippen molar-refractivity contribution in [2.24, 2.45) is 5.73 Å². The number of fused-ring (bicyclic) bond motifs is 3. The fraction of sp³-hybridized carbons (Fsp3) is 0.214. The number of aryl methyl sites for hydroxylation is 1. The number of hydrogen-bond acceptors (Lipinski definition) is 2. The van der Waals surface area contributed by atoms with Gasteiger partial charge in [0, 0.05) is 6.20 Å². The standard InChI is InChI=1S/C14H15N3/c15-9-3-5-12-10-17-13-6-2-1-4-11(13)7-8-14(17)16-12/h1-2,4,6-8,10H,3,5,9,15H2. The number of para-hydroxylation sites is 1. The van der Waals surface area contributed by atoms with Crippen molar-refractivity contribution in [1.82, 2.24) is 9.38 Å². The summed E-state index contributed by atoms with van der Waals surface area (Å²) in [6.07, 6.45) is 4.06. The molecule has 0 radical (unpaired) electrons. The van der Waals surface area contributed by atoms with Crippen LogP contribution in [0.15, 0.2) is 42.6 Å². The van der Waals surface area contributed by atoms with Crippen LogP contribution in [0.5, 0.6) is 0 Å². The summed E-state index contributed by atoms with van der Waals surface area (Å²) in [4.78, 5) is 4.61. The Labute approximate surface area is 99.9 Å². The van der Waals surface area contributed by atoms with Crippen molar-refractivity contribution in [3.8, 4) is 0 Å². The molecule has 86 valence electrons. The lowest BCUT2D eigenvalue weighted by molar-refractivity contribution is 0.816. The van der Waals surface area contributed by atoms with Gasteiger partial charge in [-0.1, -0.05) is 18.2 Å². The Morgan fingerprint density at radius 3 is 2.88 bits per heavy atom. The number of benzene rings is 1. The highest BCUT2D eigenvalue weighted by atomic mass is 15.0. The fourth-order valence-electron chi connectivity index (χ4n) is 2.17. The molecule has 3 heteroatoms. The van der Waals surface area contributed by atoms with Crippen molar-refractivity contribution >= 4 is 16.6 Å². The molecule has 0 amide bonds. The SMILES string of the molecule is NCCCc1cn2c(ccc3ccccc32)n1. The molecule has 0 saturated carbocycles. The van der Waals surface area contributed by atoms with Crippen LogP contribution in [0.25, 0.3) is 16.6 Å². The average molecular weight is 225 g/mol. The van der Waals surface area contributed by atoms with E-state index >= 15 is 0 Å². The van der Waals surface area contributed by atoms with Crippen molar-refractivity contribution in [1.29, 1.82) is 0 Å². The van der Waals surface area contributed by atoms with E-state index in [1.807, 2.05) is 0 Å². The Kier molecular flexibility index (Phi) is 2.53. The van der Waals surface area contributed by atoms with Crippen molar-refractivity contribution in [3.63, 3.8) is 0 Å². The summed E-state index contributed by atoms with van der Waals surface area (Å²) in [5.74, 6) is 0. The highest BCUT2D eigenvalue weighted by molar-refractivity contribution is 5.81. The summed E-state index contributed by atoms with van der Waals surface area (Å²) in [7, 11) is 0. The molecule has 0 spiro atoms. The number of nitrogens with two attached hydrogens (primary N) is 1. The van der Waals surface area contributed by atoms with E-state index in [2.05, 4.69) is 52.0 Å². The number of nitrogens with zero attached hydrogens (tertiary/aromatic N) is 2. The zero-order valence-electron chi connectivity index (χ0n) is 9.63. The molecule has 0 fully saturated rings. The van der Waals surface area contributed by atoms with Gasteiger partial charge in [-0.25, -0.2) is 4.98 Å². The second-order valence-electron chi connectivity index (χ2n) is 4.24. The van der Waals surface area contributed by atoms with E-state index in [9.17, 15) is 0 Å². The number of hydrogen-bond donors (Lipinski definition) is 1. The summed E-state index contributed by atoms with van der Waals surface area (Å²) in [5.41, 5.74) is 8.86. The van der Waals surface area contributed by atoms with Gasteiger partial charge in [-0.15, -0.1) is 0 Å². The molecule has 0 aliphatic carbocycles. The Morgan fingerprint density at radius 1 is 1.12 bits per heavy atom. The molecule has 3 aromatic rings. The summed E-state index contributed by atoms with van der Waals surface area (Å²) in [6, 6.07) is 12.5. The quantitative estimate of drug-likeness (QED) is 0.743. The fourth-order valence-corrected chi connectivity index (χ4v) is 2.17. The molecular weight excluding hydrogens is 210 g/mol. The molecule has 3 rings (SSSR count). The van der Waals surface area contributed by atoms with Gasteiger partial charge in [0.25, 0.3) is 0 Å². The number of imidazole rings is 1. The normalized spacial score (nSPS) is 11.4. The van der Waals surface area contributed by atoms with Crippen molar-refractivity contribution in [3.05, 3.63) is 48.3 Å². The maximum absolute atomic E-state index is 5.53. The minimum Gasteiger partial charge on any atom is -0.330 e. The van der Waals surface area contributed by atoms with E-state index in [1.54, 1.807) is 0 Å². The topological polar surface area (TPSA) is 43.3 Å². The summed E-state index contributed by atoms with van der Waals surface area (Å²) in [6.45, 7) is 0.717. The average Bonchev–Trinajstić information content (AvgIpc) is 2.79. The third kappa shape index (κ3) is 1.78. The van der Waals surface area contributed by atoms with E-state index in [1.165, 1.54) is 10.9 Å². The minimum absolute atomic E-state index is 0.717. The number of pyridine rings is 1. The minimum atomic E-state index is 0.717. The molecular formula is C14H15N3. The van der Waals surface area contributed by atoms with Crippen LogP contribution < -0.4 is 5.73 Å². The van der Waals surface area contributed by atoms with E-state index in [-0.39, 0.29) is 0 Å². The number of aromatic nitrogens is 2. The maximum atomic E-state index is 5.53. The Balaban J connectivity index is 2.17. The van der Waals surface area contributed by atoms with Gasteiger partial charge in [-0.05, 0) is 43.0 Å². The van der Waals surface area contributed by atoms with Crippen LogP contribution in [0.1, 0.15) is 12.1 Å². The monoisotopic (exact) mass is 225 g/mol. The molecule has 3 nitrogen and oxygen atoms in total. The van der Waals surface area contributed by atoms with Crippen molar-refractivity contribution in [2.75, 3.05) is 6.54 Å². The first-order chi connectivity index (χ1) is 8.38. The van der Waals surface area contributed by atoms with Crippen LogP contribution >= 0.6 is 0 Å². The number of rotatable bonds is 3. The molecule has 0 unspecified atom stereocenters. The molecule has 2 heterocycles. The zero-order valence-corrected chi connectivity index (χ0v) is 9.63. The summed E-state index contributed by atoms with van der Waals surface area (Å²) in [5, 5.41) is 1.24. The van der Waals surface area contributed by atoms with Gasteiger partial charge in [0.05, 0.1) is 11.2 Å². The van der Waals surface area contributed by atoms with E-state index in [0.717, 1.165) is 24.2 Å². The van der Waals surface area contributed by atoms with Gasteiger partial charge in [-0.2, -0.15) is 0 Å². The molecule has 0 aliphatic heterocycles. The molecule has 0 saturated heterocycles. The first-order valence-corrected chi connectivity index (χ1v) is 5.94. The van der Waals surface area contributed by atoms with Gasteiger partial charge in [0.1, 0.15) is 5.65 Å². The molecule has 0 aliphatic rings. The van der Waals surface area contributed by atoms with Gasteiger partial charge in [-0.3, -0.25) is 4.40 Å². The van der Waals surface area contributed by atoms with Crippen LogP contribution in [0.3, 0.4) is 0 Å². The van der Waals surface area contributed by atoms with Crippen LogP contribution in [-0.4, -0.2) is 15.9 Å². The lowest BCUT2D eigenvalue weighted by atomic mass is 10.2. The first-order valence-electron chi connectivity index (χ1n) is 5.94. The summed E-state index contributed by atoms with van der Waals surface area (Å²) < 4.78 is 2.15. The molecule has 0 bridgehead atoms. The van der Waals surface area contributed by atoms with Gasteiger partial charge < -0.3 is 5.73 Å². The smallest absolute Gasteiger partial charge is 0.137 e. The molecule has 2 aromatic heterocycles. The predicted octanol–water partition coefficient (Wildman–Crippen LogP) is 2.38. The van der Waals surface area contributed by atoms with Crippen LogP contribution in [0.2, 0.25) is 0 Å². The molecule has 1 aromatic carbocycles. The molecule has 2 N–H and O–H groups in total. The van der Waals surface area contributed by atoms with Crippen LogP contribution in [0, 0.1) is 0 Å². The van der Waals surface area contributed by atoms with E-state index in [4.69, 9.17) is 5.73 Å². The van der Waals surface area contributed by atoms with Gasteiger partial charge in [0.2, 0.25) is 0 Å². The van der Waals surface area contributed by atoms with Crippen LogP contribution in [0.4, 0.5) is 0 Å². The predicted molar refractivity (Wildman–Crippen MR) is 70.1 cm³/mol. The summed E-state index contributed by atoms with van der Waals surface area (Å²) >= 11 is 0. The Hall–Kier alpha value is -1.87. The third-order valence-electron chi connectivity index (χ3n) is 3.03. The molecule has 17 heavy (non-hydrogen) atoms. The van der Waals surface area contributed by atoms with Gasteiger partial charge in [0.15, 0.2) is 0 Å². The third-order valence-corrected chi connectivity index (χ3v) is 3.03. The highest BCUT2D eigenvalue weighted by Gasteiger charge is 2.03. The lowest BCUT2D eigenvalue weighted by Crippen LogP contribution is -2.00. The largest absolute Gasteiger partial charge is 0.330 e. The zero-order chi connectivity index (χ0) is 11.7. The van der Waals surface area contributed by atoms with Crippen LogP contribution in [-0.2, 0) is 6.42 Å². The van der Waals surface area contributed by atoms with Crippen molar-refractivity contribution in [2.45, 2.75) is 12.8 Å². The van der Waals surface area contributed by atoms with Gasteiger partial charge >= 0.3 is 0 Å². The second kappa shape index (κ2) is 4.18.